The number of fused-ring (bicyclic) bond motifs is 3. The molecule has 0 N–H and O–H groups in total. The van der Waals surface area contributed by atoms with Gasteiger partial charge < -0.3 is 0 Å². The number of nitrogens with zero attached hydrogens (tertiary/aromatic N) is 6. The minimum absolute atomic E-state index is 0.363. The first kappa shape index (κ1) is 10.9. The fourth-order valence-corrected chi connectivity index (χ4v) is 3.19. The summed E-state index contributed by atoms with van der Waals surface area (Å²) in [5.41, 5.74) is 11.4. The maximum absolute atomic E-state index is 8.54. The summed E-state index contributed by atoms with van der Waals surface area (Å²) in [7, 11) is 0. The number of aryl methyl sites for hydroxylation is 2. The van der Waals surface area contributed by atoms with Crippen molar-refractivity contribution in [2.75, 3.05) is 0 Å². The molecule has 0 saturated heterocycles. The van der Waals surface area contributed by atoms with E-state index < -0.39 is 0 Å². The van der Waals surface area contributed by atoms with Gasteiger partial charge in [0.25, 0.3) is 0 Å². The average Bonchev–Trinajstić information content (AvgIpc) is 2.68. The second kappa shape index (κ2) is 3.90. The maximum atomic E-state index is 8.54. The molecule has 0 spiro atoms. The van der Waals surface area contributed by atoms with Crippen LogP contribution in [0.4, 0.5) is 5.82 Å². The van der Waals surface area contributed by atoms with Crippen LogP contribution >= 0.6 is 11.3 Å². The number of hydrogen-bond acceptors (Lipinski definition) is 5. The van der Waals surface area contributed by atoms with Gasteiger partial charge in [-0.25, -0.2) is 15.0 Å². The normalized spacial score (nSPS) is 10.8. The lowest BCUT2D eigenvalue weighted by atomic mass is 10.1. The van der Waals surface area contributed by atoms with Crippen LogP contribution in [0.25, 0.3) is 30.9 Å². The van der Waals surface area contributed by atoms with Crippen LogP contribution in [0.15, 0.2) is 17.5 Å². The van der Waals surface area contributed by atoms with Gasteiger partial charge in [0.15, 0.2) is 0 Å². The van der Waals surface area contributed by atoms with Gasteiger partial charge in [-0.1, -0.05) is 0 Å². The summed E-state index contributed by atoms with van der Waals surface area (Å²) in [6.07, 6.45) is 1.41. The molecular formula is C11H8N6S. The van der Waals surface area contributed by atoms with E-state index in [2.05, 4.69) is 25.0 Å². The lowest BCUT2D eigenvalue weighted by Crippen LogP contribution is -1.84. The number of aromatic nitrogens is 3. The molecular weight excluding hydrogens is 248 g/mol. The number of thiophene rings is 1. The third-order valence-corrected chi connectivity index (χ3v) is 3.74. The second-order valence-corrected chi connectivity index (χ2v) is 4.93. The van der Waals surface area contributed by atoms with Gasteiger partial charge in [-0.05, 0) is 36.1 Å². The van der Waals surface area contributed by atoms with Crippen molar-refractivity contribution in [2.45, 2.75) is 13.8 Å². The number of azide groups is 1. The van der Waals surface area contributed by atoms with Crippen LogP contribution in [0.5, 0.6) is 0 Å². The van der Waals surface area contributed by atoms with E-state index >= 15 is 0 Å². The van der Waals surface area contributed by atoms with Crippen molar-refractivity contribution in [1.29, 1.82) is 0 Å². The molecule has 0 atom stereocenters. The van der Waals surface area contributed by atoms with Gasteiger partial charge in [-0.2, -0.15) is 0 Å². The first-order valence-electron chi connectivity index (χ1n) is 5.27. The minimum atomic E-state index is 0.363. The van der Waals surface area contributed by atoms with Crippen LogP contribution in [-0.2, 0) is 0 Å². The summed E-state index contributed by atoms with van der Waals surface area (Å²) in [4.78, 5) is 16.5. The van der Waals surface area contributed by atoms with Crippen LogP contribution in [-0.4, -0.2) is 15.0 Å². The molecule has 0 aliphatic heterocycles. The topological polar surface area (TPSA) is 87.4 Å². The molecule has 0 aromatic carbocycles. The predicted molar refractivity (Wildman–Crippen MR) is 71.0 cm³/mol. The van der Waals surface area contributed by atoms with Crippen LogP contribution < -0.4 is 0 Å². The first-order valence-corrected chi connectivity index (χ1v) is 6.09. The van der Waals surface area contributed by atoms with Gasteiger partial charge in [0.05, 0.1) is 10.2 Å². The Labute approximate surface area is 106 Å². The van der Waals surface area contributed by atoms with Crippen molar-refractivity contribution in [3.8, 4) is 0 Å². The summed E-state index contributed by atoms with van der Waals surface area (Å²) in [6.45, 7) is 3.98. The van der Waals surface area contributed by atoms with Crippen LogP contribution in [0, 0.1) is 13.8 Å². The van der Waals surface area contributed by atoms with E-state index in [1.807, 2.05) is 19.9 Å². The van der Waals surface area contributed by atoms with Crippen LogP contribution in [0.1, 0.15) is 11.3 Å². The zero-order valence-electron chi connectivity index (χ0n) is 9.75. The monoisotopic (exact) mass is 256 g/mol. The Morgan fingerprint density at radius 2 is 2.17 bits per heavy atom. The molecule has 0 aliphatic carbocycles. The molecule has 18 heavy (non-hydrogen) atoms. The Balaban J connectivity index is 2.54. The smallest absolute Gasteiger partial charge is 0.148 e. The quantitative estimate of drug-likeness (QED) is 0.377. The molecule has 0 amide bonds. The summed E-state index contributed by atoms with van der Waals surface area (Å²) < 4.78 is 0.784. The van der Waals surface area contributed by atoms with E-state index in [0.29, 0.717) is 5.82 Å². The molecule has 7 heteroatoms. The van der Waals surface area contributed by atoms with E-state index in [-0.39, 0.29) is 0 Å². The molecule has 3 heterocycles. The molecule has 88 valence electrons. The SMILES string of the molecule is Cc1cc(C)c2c(n1)sc1c(N=[N+]=[N-])ncnc12. The Kier molecular flexibility index (Phi) is 2.36. The molecule has 0 unspecified atom stereocenters. The van der Waals surface area contributed by atoms with Crippen molar-refractivity contribution in [1.82, 2.24) is 15.0 Å². The summed E-state index contributed by atoms with van der Waals surface area (Å²) in [5.74, 6) is 0.363. The standard InChI is InChI=1S/C11H8N6S/c1-5-3-6(2)15-11-7(5)8-9(18-11)10(16-17-12)14-4-13-8/h3-4H,1-2H3. The summed E-state index contributed by atoms with van der Waals surface area (Å²) in [6, 6.07) is 2.02. The van der Waals surface area contributed by atoms with Gasteiger partial charge in [0.2, 0.25) is 0 Å². The van der Waals surface area contributed by atoms with E-state index in [4.69, 9.17) is 5.53 Å². The molecule has 3 rings (SSSR count). The Morgan fingerprint density at radius 1 is 1.33 bits per heavy atom. The van der Waals surface area contributed by atoms with Crippen LogP contribution in [0.2, 0.25) is 0 Å². The van der Waals surface area contributed by atoms with Gasteiger partial charge >= 0.3 is 0 Å². The minimum Gasteiger partial charge on any atom is -0.242 e. The second-order valence-electron chi connectivity index (χ2n) is 3.93. The number of hydrogen-bond donors (Lipinski definition) is 0. The third-order valence-electron chi connectivity index (χ3n) is 2.67. The molecule has 0 fully saturated rings. The fourth-order valence-electron chi connectivity index (χ4n) is 2.01. The van der Waals surface area contributed by atoms with Gasteiger partial charge in [-0.15, -0.1) is 11.3 Å². The third kappa shape index (κ3) is 1.49. The van der Waals surface area contributed by atoms with Crippen molar-refractivity contribution in [3.05, 3.63) is 34.1 Å². The Hall–Kier alpha value is -2.24. The molecule has 0 radical (unpaired) electrons. The van der Waals surface area contributed by atoms with Crippen LogP contribution in [0.3, 0.4) is 0 Å². The van der Waals surface area contributed by atoms with Gasteiger partial charge in [0.1, 0.15) is 17.0 Å². The van der Waals surface area contributed by atoms with E-state index in [0.717, 1.165) is 31.7 Å². The highest BCUT2D eigenvalue weighted by molar-refractivity contribution is 7.25. The lowest BCUT2D eigenvalue weighted by Gasteiger charge is -1.98. The van der Waals surface area contributed by atoms with Crippen molar-refractivity contribution in [2.24, 2.45) is 5.11 Å². The number of pyridine rings is 1. The van der Waals surface area contributed by atoms with Gasteiger partial charge in [0, 0.05) is 16.0 Å². The highest BCUT2D eigenvalue weighted by Crippen LogP contribution is 2.37. The van der Waals surface area contributed by atoms with Gasteiger partial charge in [-0.3, -0.25) is 0 Å². The van der Waals surface area contributed by atoms with E-state index in [9.17, 15) is 0 Å². The first-order chi connectivity index (χ1) is 8.70. The molecule has 0 aliphatic rings. The molecule has 3 aromatic rings. The average molecular weight is 256 g/mol. The molecule has 3 aromatic heterocycles. The lowest BCUT2D eigenvalue weighted by molar-refractivity contribution is 1.20. The highest BCUT2D eigenvalue weighted by Gasteiger charge is 2.13. The summed E-state index contributed by atoms with van der Waals surface area (Å²) in [5, 5.41) is 4.61. The van der Waals surface area contributed by atoms with E-state index in [1.54, 1.807) is 0 Å². The largest absolute Gasteiger partial charge is 0.242 e. The number of rotatable bonds is 1. The zero-order valence-corrected chi connectivity index (χ0v) is 10.6. The summed E-state index contributed by atoms with van der Waals surface area (Å²) >= 11 is 1.46. The predicted octanol–water partition coefficient (Wildman–Crippen LogP) is 3.80. The zero-order chi connectivity index (χ0) is 12.7. The maximum Gasteiger partial charge on any atom is 0.148 e. The molecule has 0 saturated carbocycles. The van der Waals surface area contributed by atoms with Crippen molar-refractivity contribution < 1.29 is 0 Å². The molecule has 6 nitrogen and oxygen atoms in total. The highest BCUT2D eigenvalue weighted by atomic mass is 32.1. The fraction of sp³-hybridized carbons (Fsp3) is 0.182. The van der Waals surface area contributed by atoms with E-state index in [1.165, 1.54) is 17.7 Å². The Morgan fingerprint density at radius 3 is 2.94 bits per heavy atom. The van der Waals surface area contributed by atoms with Crippen molar-refractivity contribution in [3.63, 3.8) is 0 Å². The molecule has 0 bridgehead atoms. The Bertz CT molecular complexity index is 815. The van der Waals surface area contributed by atoms with Crippen molar-refractivity contribution >= 4 is 37.6 Å².